The van der Waals surface area contributed by atoms with Crippen LogP contribution in [-0.2, 0) is 14.8 Å². The van der Waals surface area contributed by atoms with E-state index in [1.807, 2.05) is 24.6 Å². The van der Waals surface area contributed by atoms with Crippen LogP contribution < -0.4 is 9.46 Å². The lowest BCUT2D eigenvalue weighted by molar-refractivity contribution is -0.121. The maximum atomic E-state index is 12.2. The molecule has 0 fully saturated rings. The number of aryl methyl sites for hydroxylation is 1. The van der Waals surface area contributed by atoms with Crippen LogP contribution >= 0.6 is 0 Å². The molecule has 3 rings (SSSR count). The number of sulfonamides is 1. The van der Waals surface area contributed by atoms with Gasteiger partial charge in [-0.15, -0.1) is 0 Å². The van der Waals surface area contributed by atoms with Gasteiger partial charge in [-0.1, -0.05) is 13.0 Å². The minimum Gasteiger partial charge on any atom is -0.483 e. The molecule has 9 heteroatoms. The Balaban J connectivity index is 1.73. The molecule has 1 amide bonds. The number of H-pyrrole nitrogens is 1. The Morgan fingerprint density at radius 3 is 2.84 bits per heavy atom. The quantitative estimate of drug-likeness (QED) is 0.826. The van der Waals surface area contributed by atoms with Gasteiger partial charge in [0.15, 0.2) is 17.4 Å². The number of benzene rings is 1. The van der Waals surface area contributed by atoms with Crippen LogP contribution in [0.4, 0.5) is 0 Å². The molecule has 1 atom stereocenters. The number of carbonyl (C=O) groups is 2. The number of hydrogen-bond acceptors (Lipinski definition) is 6. The lowest BCUT2D eigenvalue weighted by atomic mass is 9.97. The summed E-state index contributed by atoms with van der Waals surface area (Å²) in [5, 5.41) is 5.58. The van der Waals surface area contributed by atoms with E-state index in [9.17, 15) is 18.0 Å². The molecule has 0 radical (unpaired) electrons. The summed E-state index contributed by atoms with van der Waals surface area (Å²) in [6, 6.07) is 4.67. The molecular weight excluding hydrogens is 346 g/mol. The van der Waals surface area contributed by atoms with Crippen molar-refractivity contribution in [2.45, 2.75) is 31.2 Å². The highest BCUT2D eigenvalue weighted by molar-refractivity contribution is 7.90. The van der Waals surface area contributed by atoms with Gasteiger partial charge in [0, 0.05) is 6.42 Å². The minimum atomic E-state index is -4.02. The first-order valence-corrected chi connectivity index (χ1v) is 9.12. The molecule has 1 heterocycles. The van der Waals surface area contributed by atoms with Crippen LogP contribution in [0.15, 0.2) is 29.4 Å². The second kappa shape index (κ2) is 6.32. The lowest BCUT2D eigenvalue weighted by Gasteiger charge is -2.13. The third-order valence-corrected chi connectivity index (χ3v) is 5.36. The summed E-state index contributed by atoms with van der Waals surface area (Å²) in [5.74, 6) is -0.487. The van der Waals surface area contributed by atoms with E-state index in [1.165, 1.54) is 12.3 Å². The zero-order chi connectivity index (χ0) is 18.2. The molecule has 8 nitrogen and oxygen atoms in total. The summed E-state index contributed by atoms with van der Waals surface area (Å²) in [7, 11) is -4.02. The summed E-state index contributed by atoms with van der Waals surface area (Å²) >= 11 is 0. The van der Waals surface area contributed by atoms with E-state index in [0.717, 1.165) is 11.1 Å². The van der Waals surface area contributed by atoms with Gasteiger partial charge in [0.25, 0.3) is 15.9 Å². The molecule has 2 aromatic rings. The third-order valence-electron chi connectivity index (χ3n) is 4.06. The monoisotopic (exact) mass is 363 g/mol. The molecule has 132 valence electrons. The number of ketones is 1. The minimum absolute atomic E-state index is 0.0355. The van der Waals surface area contributed by atoms with E-state index in [2.05, 4.69) is 10.2 Å². The predicted octanol–water partition coefficient (Wildman–Crippen LogP) is 1.29. The first-order chi connectivity index (χ1) is 11.8. The van der Waals surface area contributed by atoms with Crippen molar-refractivity contribution in [3.8, 4) is 5.75 Å². The van der Waals surface area contributed by atoms with Crippen LogP contribution in [0, 0.1) is 6.92 Å². The molecule has 1 aliphatic carbocycles. The topological polar surface area (TPSA) is 118 Å². The number of nitrogens with one attached hydrogen (secondary N) is 2. The Kier molecular flexibility index (Phi) is 4.34. The summed E-state index contributed by atoms with van der Waals surface area (Å²) in [6.07, 6.45) is 1.66. The fourth-order valence-corrected chi connectivity index (χ4v) is 3.88. The molecule has 0 spiro atoms. The summed E-state index contributed by atoms with van der Waals surface area (Å²) in [5.41, 5.74) is 2.40. The maximum Gasteiger partial charge on any atom is 0.281 e. The average Bonchev–Trinajstić information content (AvgIpc) is 3.16. The molecule has 1 unspecified atom stereocenters. The number of aromatic amines is 1. The Morgan fingerprint density at radius 2 is 2.16 bits per heavy atom. The molecule has 0 saturated heterocycles. The molecule has 1 aromatic heterocycles. The standard InChI is InChI=1S/C16H17N3O5S/c1-9-3-4-12(16-11(20)7-10(2)15(9)16)24-8-13(21)19-25(22,23)14-5-6-17-18-14/h3-6,10H,7-8H2,1-2H3,(H,17,18)(H,19,21). The number of ether oxygens (including phenoxy) is 1. The first kappa shape index (κ1) is 17.2. The number of carbonyl (C=O) groups excluding carboxylic acids is 2. The number of nitrogens with zero attached hydrogens (tertiary/aromatic N) is 1. The SMILES string of the molecule is Cc1ccc(OCC(=O)NS(=O)(=O)c2ccn[nH]2)c2c1C(C)CC2=O. The zero-order valence-electron chi connectivity index (χ0n) is 13.7. The van der Waals surface area contributed by atoms with Gasteiger partial charge in [-0.3, -0.25) is 14.7 Å². The normalized spacial score (nSPS) is 16.6. The molecule has 0 saturated carbocycles. The smallest absolute Gasteiger partial charge is 0.281 e. The third kappa shape index (κ3) is 3.27. The second-order valence-electron chi connectivity index (χ2n) is 5.94. The van der Waals surface area contributed by atoms with Gasteiger partial charge in [0.1, 0.15) is 5.75 Å². The highest BCUT2D eigenvalue weighted by atomic mass is 32.2. The van der Waals surface area contributed by atoms with E-state index in [0.29, 0.717) is 17.7 Å². The van der Waals surface area contributed by atoms with Crippen molar-refractivity contribution in [3.05, 3.63) is 41.1 Å². The fourth-order valence-electron chi connectivity index (χ4n) is 3.00. The van der Waals surface area contributed by atoms with Crippen LogP contribution in [-0.4, -0.2) is 36.9 Å². The van der Waals surface area contributed by atoms with Crippen molar-refractivity contribution in [2.24, 2.45) is 0 Å². The molecule has 1 aromatic carbocycles. The van der Waals surface area contributed by atoms with E-state index < -0.39 is 22.5 Å². The lowest BCUT2D eigenvalue weighted by Crippen LogP contribution is -2.34. The number of rotatable bonds is 5. The van der Waals surface area contributed by atoms with E-state index in [4.69, 9.17) is 4.74 Å². The molecule has 25 heavy (non-hydrogen) atoms. The van der Waals surface area contributed by atoms with Crippen molar-refractivity contribution in [1.82, 2.24) is 14.9 Å². The number of Topliss-reactive ketones (excluding diaryl/α,β-unsaturated/α-hetero) is 1. The molecule has 2 N–H and O–H groups in total. The summed E-state index contributed by atoms with van der Waals surface area (Å²) in [4.78, 5) is 24.1. The first-order valence-electron chi connectivity index (χ1n) is 7.64. The average molecular weight is 363 g/mol. The fraction of sp³-hybridized carbons (Fsp3) is 0.312. The molecule has 1 aliphatic rings. The van der Waals surface area contributed by atoms with Crippen molar-refractivity contribution in [2.75, 3.05) is 6.61 Å². The van der Waals surface area contributed by atoms with Gasteiger partial charge in [-0.2, -0.15) is 13.5 Å². The van der Waals surface area contributed by atoms with Crippen LogP contribution in [0.3, 0.4) is 0 Å². The highest BCUT2D eigenvalue weighted by Crippen LogP contribution is 2.40. The Hall–Kier alpha value is -2.68. The van der Waals surface area contributed by atoms with Gasteiger partial charge in [0.05, 0.1) is 11.8 Å². The van der Waals surface area contributed by atoms with Crippen molar-refractivity contribution in [3.63, 3.8) is 0 Å². The largest absolute Gasteiger partial charge is 0.483 e. The highest BCUT2D eigenvalue weighted by Gasteiger charge is 2.31. The Bertz CT molecular complexity index is 935. The van der Waals surface area contributed by atoms with Crippen LogP contribution in [0.2, 0.25) is 0 Å². The number of fused-ring (bicyclic) bond motifs is 1. The maximum absolute atomic E-state index is 12.2. The van der Waals surface area contributed by atoms with Gasteiger partial charge >= 0.3 is 0 Å². The molecule has 0 bridgehead atoms. The number of hydrogen-bond donors (Lipinski definition) is 2. The van der Waals surface area contributed by atoms with Gasteiger partial charge in [-0.25, -0.2) is 4.72 Å². The summed E-state index contributed by atoms with van der Waals surface area (Å²) in [6.45, 7) is 3.36. The van der Waals surface area contributed by atoms with Crippen molar-refractivity contribution >= 4 is 21.7 Å². The summed E-state index contributed by atoms with van der Waals surface area (Å²) < 4.78 is 31.2. The molecular formula is C16H17N3O5S. The number of amides is 1. The predicted molar refractivity (Wildman–Crippen MR) is 88.0 cm³/mol. The Morgan fingerprint density at radius 1 is 1.40 bits per heavy atom. The van der Waals surface area contributed by atoms with Crippen molar-refractivity contribution < 1.29 is 22.7 Å². The second-order valence-corrected chi connectivity index (χ2v) is 7.59. The zero-order valence-corrected chi connectivity index (χ0v) is 14.5. The van der Waals surface area contributed by atoms with E-state index in [1.54, 1.807) is 6.07 Å². The van der Waals surface area contributed by atoms with E-state index in [-0.39, 0.29) is 16.7 Å². The molecule has 0 aliphatic heterocycles. The van der Waals surface area contributed by atoms with Gasteiger partial charge in [-0.05, 0) is 36.1 Å². The Labute approximate surface area is 144 Å². The van der Waals surface area contributed by atoms with Crippen LogP contribution in [0.1, 0.15) is 40.7 Å². The van der Waals surface area contributed by atoms with Crippen molar-refractivity contribution in [1.29, 1.82) is 0 Å². The van der Waals surface area contributed by atoms with Crippen LogP contribution in [0.5, 0.6) is 5.75 Å². The number of aromatic nitrogens is 2. The van der Waals surface area contributed by atoms with Gasteiger partial charge < -0.3 is 4.74 Å². The van der Waals surface area contributed by atoms with E-state index >= 15 is 0 Å². The van der Waals surface area contributed by atoms with Gasteiger partial charge in [0.2, 0.25) is 0 Å². The van der Waals surface area contributed by atoms with Crippen LogP contribution in [0.25, 0.3) is 0 Å².